The Morgan fingerprint density at radius 3 is 2.78 bits per heavy atom. The van der Waals surface area contributed by atoms with Crippen molar-refractivity contribution in [2.45, 2.75) is 45.1 Å². The molecule has 0 unspecified atom stereocenters. The zero-order valence-corrected chi connectivity index (χ0v) is 20.2. The van der Waals surface area contributed by atoms with Crippen molar-refractivity contribution in [2.24, 2.45) is 0 Å². The Bertz CT molecular complexity index is 973. The lowest BCUT2D eigenvalue weighted by molar-refractivity contribution is 0.110. The molecule has 0 bridgehead atoms. The predicted molar refractivity (Wildman–Crippen MR) is 131 cm³/mol. The number of hydrogen-bond donors (Lipinski definition) is 2. The number of anilines is 1. The molecule has 7 nitrogen and oxygen atoms in total. The van der Waals surface area contributed by atoms with E-state index in [1.165, 1.54) is 23.3 Å². The Morgan fingerprint density at radius 2 is 2.03 bits per heavy atom. The van der Waals surface area contributed by atoms with Crippen LogP contribution in [0.2, 0.25) is 0 Å². The van der Waals surface area contributed by atoms with Crippen LogP contribution >= 0.6 is 12.1 Å². The zero-order chi connectivity index (χ0) is 22.7. The van der Waals surface area contributed by atoms with E-state index in [4.69, 9.17) is 4.74 Å². The topological polar surface area (TPSA) is 69.7 Å². The highest BCUT2D eigenvalue weighted by molar-refractivity contribution is 7.95. The third-order valence-electron chi connectivity index (χ3n) is 6.13. The number of likely N-dealkylation sites (tertiary alicyclic amines) is 1. The number of nitrogens with one attached hydrogen (secondary N) is 2. The number of nitrogens with zero attached hydrogens (tertiary/aromatic N) is 3. The van der Waals surface area contributed by atoms with Crippen LogP contribution in [-0.2, 0) is 12.8 Å². The molecule has 2 N–H and O–H groups in total. The van der Waals surface area contributed by atoms with Crippen molar-refractivity contribution in [2.75, 3.05) is 39.5 Å². The van der Waals surface area contributed by atoms with Crippen molar-refractivity contribution in [3.8, 4) is 17.0 Å². The molecule has 2 aliphatic rings. The van der Waals surface area contributed by atoms with Gasteiger partial charge in [0.2, 0.25) is 5.88 Å². The molecule has 172 valence electrons. The van der Waals surface area contributed by atoms with Crippen LogP contribution in [0.5, 0.6) is 5.88 Å². The van der Waals surface area contributed by atoms with Crippen molar-refractivity contribution in [3.63, 3.8) is 0 Å². The van der Waals surface area contributed by atoms with E-state index in [2.05, 4.69) is 40.0 Å². The van der Waals surface area contributed by atoms with Gasteiger partial charge in [-0.25, -0.2) is 14.1 Å². The van der Waals surface area contributed by atoms with E-state index in [9.17, 15) is 4.79 Å². The number of carbonyl (C=O) groups is 1. The molecule has 1 saturated heterocycles. The smallest absolute Gasteiger partial charge is 0.330 e. The Hall–Kier alpha value is -2.29. The molecule has 8 heteroatoms. The van der Waals surface area contributed by atoms with Crippen LogP contribution < -0.4 is 14.8 Å². The van der Waals surface area contributed by atoms with Gasteiger partial charge in [0.05, 0.1) is 5.69 Å². The number of carbonyl (C=O) groups excluding carboxylic acids is 1. The highest BCUT2D eigenvalue weighted by atomic mass is 32.2. The van der Waals surface area contributed by atoms with Crippen LogP contribution in [0.15, 0.2) is 24.4 Å². The molecule has 32 heavy (non-hydrogen) atoms. The van der Waals surface area contributed by atoms with Gasteiger partial charge in [-0.05, 0) is 88.5 Å². The largest absolute Gasteiger partial charge is 0.474 e. The standard InChI is InChI=1S/C24H33N5O2S/c1-16-14-17-6-5-7-20(17)23(26-24(30)27-32-28(2)3)22(16)18-8-11-25-21(15-18)31-19-9-12-29(4)13-10-19/h8,11,14-15,19H,5-7,9-10,12-13H2,1-4H3,(H2,26,27,30). The number of piperidine rings is 1. The monoisotopic (exact) mass is 455 g/mol. The fraction of sp³-hybridized carbons (Fsp3) is 0.500. The van der Waals surface area contributed by atoms with Crippen molar-refractivity contribution in [1.82, 2.24) is 18.9 Å². The fourth-order valence-corrected chi connectivity index (χ4v) is 4.89. The van der Waals surface area contributed by atoms with E-state index in [1.54, 1.807) is 6.20 Å². The SMILES string of the molecule is Cc1cc2c(c(NC(=O)NSN(C)C)c1-c1ccnc(OC3CCN(C)CC3)c1)CCC2. The number of hydrogen-bond acceptors (Lipinski definition) is 6. The van der Waals surface area contributed by atoms with E-state index in [1.807, 2.05) is 30.5 Å². The van der Waals surface area contributed by atoms with Crippen LogP contribution in [0.4, 0.5) is 10.5 Å². The van der Waals surface area contributed by atoms with Gasteiger partial charge in [-0.1, -0.05) is 6.07 Å². The molecule has 1 aliphatic carbocycles. The third kappa shape index (κ3) is 5.36. The average molecular weight is 456 g/mol. The van der Waals surface area contributed by atoms with E-state index < -0.39 is 0 Å². The van der Waals surface area contributed by atoms with Crippen molar-refractivity contribution < 1.29 is 9.53 Å². The molecule has 4 rings (SSSR count). The maximum atomic E-state index is 12.7. The maximum Gasteiger partial charge on any atom is 0.330 e. The first-order chi connectivity index (χ1) is 15.4. The Kier molecular flexibility index (Phi) is 7.23. The lowest BCUT2D eigenvalue weighted by Gasteiger charge is -2.29. The van der Waals surface area contributed by atoms with E-state index >= 15 is 0 Å². The van der Waals surface area contributed by atoms with Gasteiger partial charge in [-0.3, -0.25) is 4.72 Å². The average Bonchev–Trinajstić information content (AvgIpc) is 3.22. The maximum absolute atomic E-state index is 12.7. The normalized spacial score (nSPS) is 16.8. The summed E-state index contributed by atoms with van der Waals surface area (Å²) >= 11 is 1.26. The molecule has 1 fully saturated rings. The van der Waals surface area contributed by atoms with Gasteiger partial charge in [-0.15, -0.1) is 0 Å². The third-order valence-corrected chi connectivity index (χ3v) is 6.78. The minimum Gasteiger partial charge on any atom is -0.474 e. The van der Waals surface area contributed by atoms with Crippen molar-refractivity contribution >= 4 is 23.9 Å². The summed E-state index contributed by atoms with van der Waals surface area (Å²) in [5, 5.41) is 3.15. The Balaban J connectivity index is 1.63. The molecular formula is C24H33N5O2S. The van der Waals surface area contributed by atoms with Crippen LogP contribution in [0.3, 0.4) is 0 Å². The highest BCUT2D eigenvalue weighted by Crippen LogP contribution is 2.40. The number of aromatic nitrogens is 1. The first-order valence-corrected chi connectivity index (χ1v) is 12.1. The predicted octanol–water partition coefficient (Wildman–Crippen LogP) is 4.27. The molecule has 0 atom stereocenters. The molecule has 1 aromatic carbocycles. The molecule has 2 heterocycles. The number of aryl methyl sites for hydroxylation is 2. The quantitative estimate of drug-likeness (QED) is 0.634. The second-order valence-corrected chi connectivity index (χ2v) is 10.0. The molecule has 1 aromatic heterocycles. The fourth-order valence-electron chi connectivity index (χ4n) is 4.58. The van der Waals surface area contributed by atoms with E-state index in [0.717, 1.165) is 67.6 Å². The molecule has 0 radical (unpaired) electrons. The molecule has 1 aliphatic heterocycles. The number of rotatable bonds is 6. The van der Waals surface area contributed by atoms with Gasteiger partial charge in [0, 0.05) is 43.1 Å². The number of amides is 2. The van der Waals surface area contributed by atoms with Crippen molar-refractivity contribution in [1.29, 1.82) is 0 Å². The van der Waals surface area contributed by atoms with Gasteiger partial charge < -0.3 is 15.0 Å². The van der Waals surface area contributed by atoms with Gasteiger partial charge >= 0.3 is 6.03 Å². The van der Waals surface area contributed by atoms with E-state index in [0.29, 0.717) is 5.88 Å². The molecule has 0 spiro atoms. The summed E-state index contributed by atoms with van der Waals surface area (Å²) in [6, 6.07) is 6.07. The first kappa shape index (κ1) is 22.9. The number of pyridine rings is 1. The van der Waals surface area contributed by atoms with Crippen LogP contribution in [0.25, 0.3) is 11.1 Å². The number of urea groups is 1. The summed E-state index contributed by atoms with van der Waals surface area (Å²) in [5.74, 6) is 0.649. The van der Waals surface area contributed by atoms with Crippen LogP contribution in [0.1, 0.15) is 36.0 Å². The summed E-state index contributed by atoms with van der Waals surface area (Å²) in [6.07, 6.45) is 7.16. The molecular weight excluding hydrogens is 422 g/mol. The molecule has 2 aromatic rings. The van der Waals surface area contributed by atoms with Gasteiger partial charge in [0.15, 0.2) is 0 Å². The second kappa shape index (κ2) is 10.1. The second-order valence-electron chi connectivity index (χ2n) is 8.90. The molecule has 2 amide bonds. The number of ether oxygens (including phenoxy) is 1. The van der Waals surface area contributed by atoms with E-state index in [-0.39, 0.29) is 12.1 Å². The summed E-state index contributed by atoms with van der Waals surface area (Å²) in [6.45, 7) is 4.20. The summed E-state index contributed by atoms with van der Waals surface area (Å²) in [5.41, 5.74) is 6.70. The minimum atomic E-state index is -0.221. The van der Waals surface area contributed by atoms with Crippen LogP contribution in [-0.4, -0.2) is 60.6 Å². The number of fused-ring (bicyclic) bond motifs is 1. The Morgan fingerprint density at radius 1 is 1.25 bits per heavy atom. The lowest BCUT2D eigenvalue weighted by Crippen LogP contribution is -2.35. The van der Waals surface area contributed by atoms with Crippen molar-refractivity contribution in [3.05, 3.63) is 41.1 Å². The molecule has 0 saturated carbocycles. The first-order valence-electron chi connectivity index (χ1n) is 11.3. The summed E-state index contributed by atoms with van der Waals surface area (Å²) in [4.78, 5) is 19.5. The number of benzene rings is 1. The summed E-state index contributed by atoms with van der Waals surface area (Å²) < 4.78 is 10.9. The summed E-state index contributed by atoms with van der Waals surface area (Å²) in [7, 11) is 5.93. The lowest BCUT2D eigenvalue weighted by atomic mass is 9.93. The minimum absolute atomic E-state index is 0.196. The van der Waals surface area contributed by atoms with Gasteiger partial charge in [0.25, 0.3) is 0 Å². The highest BCUT2D eigenvalue weighted by Gasteiger charge is 2.24. The van der Waals surface area contributed by atoms with Crippen LogP contribution in [0, 0.1) is 6.92 Å². The zero-order valence-electron chi connectivity index (χ0n) is 19.4. The van der Waals surface area contributed by atoms with Gasteiger partial charge in [-0.2, -0.15) is 0 Å². The Labute approximate surface area is 195 Å². The van der Waals surface area contributed by atoms with Gasteiger partial charge in [0.1, 0.15) is 6.10 Å².